The average molecular weight is 234 g/mol. The van der Waals surface area contributed by atoms with Crippen molar-refractivity contribution in [1.82, 2.24) is 19.9 Å². The van der Waals surface area contributed by atoms with E-state index in [1.165, 1.54) is 0 Å². The first-order chi connectivity index (χ1) is 8.95. The molecule has 0 saturated heterocycles. The molecule has 0 amide bonds. The lowest BCUT2D eigenvalue weighted by molar-refractivity contribution is 1.16. The van der Waals surface area contributed by atoms with Crippen LogP contribution in [0.25, 0.3) is 22.5 Å². The Balaban J connectivity index is 2.18. The maximum atomic E-state index is 4.28. The molecule has 0 atom stereocenters. The Kier molecular flexibility index (Phi) is 2.75. The quantitative estimate of drug-likeness (QED) is 0.684. The van der Waals surface area contributed by atoms with Crippen LogP contribution in [-0.2, 0) is 0 Å². The Bertz CT molecular complexity index is 580. The van der Waals surface area contributed by atoms with Gasteiger partial charge < -0.3 is 0 Å². The van der Waals surface area contributed by atoms with E-state index in [2.05, 4.69) is 19.9 Å². The molecule has 0 aliphatic carbocycles. The van der Waals surface area contributed by atoms with Gasteiger partial charge in [0.2, 0.25) is 0 Å². The predicted octanol–water partition coefficient (Wildman–Crippen LogP) is 2.60. The van der Waals surface area contributed by atoms with Crippen molar-refractivity contribution in [2.75, 3.05) is 0 Å². The molecule has 0 bridgehead atoms. The summed E-state index contributed by atoms with van der Waals surface area (Å²) in [5, 5.41) is 0. The van der Waals surface area contributed by atoms with Gasteiger partial charge in [0, 0.05) is 23.5 Å². The number of hydrogen-bond acceptors (Lipinski definition) is 4. The molecule has 0 aliphatic heterocycles. The Morgan fingerprint density at radius 1 is 0.611 bits per heavy atom. The molecule has 86 valence electrons. The van der Waals surface area contributed by atoms with Crippen LogP contribution in [0.1, 0.15) is 0 Å². The molecule has 2 heterocycles. The Hall–Kier alpha value is -2.62. The fraction of sp³-hybridized carbons (Fsp3) is 0. The highest BCUT2D eigenvalue weighted by atomic mass is 14.8. The molecule has 18 heavy (non-hydrogen) atoms. The summed E-state index contributed by atoms with van der Waals surface area (Å²) in [7, 11) is 0. The molecule has 0 aliphatic rings. The molecule has 0 spiro atoms. The molecular weight excluding hydrogens is 224 g/mol. The Morgan fingerprint density at radius 3 is 1.50 bits per heavy atom. The van der Waals surface area contributed by atoms with E-state index in [1.807, 2.05) is 36.4 Å². The van der Waals surface area contributed by atoms with E-state index in [0.717, 1.165) is 22.5 Å². The minimum absolute atomic E-state index is 0.888. The van der Waals surface area contributed by atoms with Gasteiger partial charge in [-0.2, -0.15) is 0 Å². The molecule has 0 radical (unpaired) electrons. The van der Waals surface area contributed by atoms with Gasteiger partial charge in [0.15, 0.2) is 0 Å². The molecule has 2 aromatic heterocycles. The van der Waals surface area contributed by atoms with Gasteiger partial charge in [-0.25, -0.2) is 19.9 Å². The van der Waals surface area contributed by atoms with Gasteiger partial charge in [0.25, 0.3) is 0 Å². The van der Waals surface area contributed by atoms with Gasteiger partial charge in [-0.05, 0) is 12.1 Å². The van der Waals surface area contributed by atoms with Crippen LogP contribution in [-0.4, -0.2) is 19.9 Å². The van der Waals surface area contributed by atoms with Crippen molar-refractivity contribution in [2.24, 2.45) is 0 Å². The van der Waals surface area contributed by atoms with Crippen LogP contribution in [0, 0.1) is 0 Å². The third-order valence-electron chi connectivity index (χ3n) is 2.64. The topological polar surface area (TPSA) is 51.6 Å². The lowest BCUT2D eigenvalue weighted by Crippen LogP contribution is -1.90. The molecular formula is C14H10N4. The van der Waals surface area contributed by atoms with E-state index in [1.54, 1.807) is 25.0 Å². The molecule has 3 aromatic rings. The first-order valence-corrected chi connectivity index (χ1v) is 5.57. The number of aromatic nitrogens is 4. The van der Waals surface area contributed by atoms with Crippen molar-refractivity contribution in [1.29, 1.82) is 0 Å². The van der Waals surface area contributed by atoms with E-state index in [9.17, 15) is 0 Å². The number of rotatable bonds is 2. The summed E-state index contributed by atoms with van der Waals surface area (Å²) >= 11 is 0. The largest absolute Gasteiger partial charge is 0.245 e. The summed E-state index contributed by atoms with van der Waals surface area (Å²) in [5.74, 6) is 0. The predicted molar refractivity (Wildman–Crippen MR) is 68.5 cm³/mol. The van der Waals surface area contributed by atoms with Crippen molar-refractivity contribution in [2.45, 2.75) is 0 Å². The van der Waals surface area contributed by atoms with Crippen molar-refractivity contribution >= 4 is 0 Å². The van der Waals surface area contributed by atoms with E-state index >= 15 is 0 Å². The highest BCUT2D eigenvalue weighted by Crippen LogP contribution is 2.28. The second-order valence-electron chi connectivity index (χ2n) is 3.73. The SMILES string of the molecule is c1ccc(-c2ccncn2)c(-c2ccncn2)c1. The molecule has 4 heteroatoms. The van der Waals surface area contributed by atoms with Crippen LogP contribution in [0.5, 0.6) is 0 Å². The summed E-state index contributed by atoms with van der Waals surface area (Å²) in [6, 6.07) is 11.8. The molecule has 4 nitrogen and oxygen atoms in total. The molecule has 1 aromatic carbocycles. The Morgan fingerprint density at radius 2 is 1.11 bits per heavy atom. The van der Waals surface area contributed by atoms with Crippen LogP contribution in [0.2, 0.25) is 0 Å². The highest BCUT2D eigenvalue weighted by molar-refractivity contribution is 5.79. The van der Waals surface area contributed by atoms with E-state index in [0.29, 0.717) is 0 Å². The molecule has 0 unspecified atom stereocenters. The van der Waals surface area contributed by atoms with E-state index in [4.69, 9.17) is 0 Å². The molecule has 0 N–H and O–H groups in total. The third-order valence-corrected chi connectivity index (χ3v) is 2.64. The van der Waals surface area contributed by atoms with Gasteiger partial charge in [-0.1, -0.05) is 24.3 Å². The lowest BCUT2D eigenvalue weighted by Gasteiger charge is -2.07. The van der Waals surface area contributed by atoms with Crippen molar-refractivity contribution in [3.05, 3.63) is 61.4 Å². The average Bonchev–Trinajstić information content (AvgIpc) is 2.49. The van der Waals surface area contributed by atoms with Crippen molar-refractivity contribution < 1.29 is 0 Å². The van der Waals surface area contributed by atoms with Gasteiger partial charge in [-0.3, -0.25) is 0 Å². The fourth-order valence-corrected chi connectivity index (χ4v) is 1.83. The fourth-order valence-electron chi connectivity index (χ4n) is 1.83. The van der Waals surface area contributed by atoms with Gasteiger partial charge in [0.1, 0.15) is 12.7 Å². The number of nitrogens with zero attached hydrogens (tertiary/aromatic N) is 4. The summed E-state index contributed by atoms with van der Waals surface area (Å²) < 4.78 is 0. The molecule has 0 fully saturated rings. The van der Waals surface area contributed by atoms with Gasteiger partial charge >= 0.3 is 0 Å². The maximum Gasteiger partial charge on any atom is 0.116 e. The summed E-state index contributed by atoms with van der Waals surface area (Å²) in [6.45, 7) is 0. The first kappa shape index (κ1) is 10.5. The van der Waals surface area contributed by atoms with Crippen molar-refractivity contribution in [3.63, 3.8) is 0 Å². The number of benzene rings is 1. The standard InChI is InChI=1S/C14H10N4/c1-2-4-12(14-6-8-16-10-18-14)11(3-1)13-5-7-15-9-17-13/h1-10H. The second kappa shape index (κ2) is 4.71. The van der Waals surface area contributed by atoms with Crippen LogP contribution < -0.4 is 0 Å². The van der Waals surface area contributed by atoms with Crippen LogP contribution in [0.3, 0.4) is 0 Å². The van der Waals surface area contributed by atoms with Crippen LogP contribution in [0.4, 0.5) is 0 Å². The zero-order valence-corrected chi connectivity index (χ0v) is 9.56. The number of hydrogen-bond donors (Lipinski definition) is 0. The maximum absolute atomic E-state index is 4.28. The van der Waals surface area contributed by atoms with Crippen LogP contribution in [0.15, 0.2) is 61.4 Å². The van der Waals surface area contributed by atoms with Gasteiger partial charge in [0.05, 0.1) is 11.4 Å². The minimum Gasteiger partial charge on any atom is -0.245 e. The zero-order valence-electron chi connectivity index (χ0n) is 9.56. The smallest absolute Gasteiger partial charge is 0.116 e. The minimum atomic E-state index is 0.888. The lowest BCUT2D eigenvalue weighted by atomic mass is 10.0. The van der Waals surface area contributed by atoms with E-state index in [-0.39, 0.29) is 0 Å². The summed E-state index contributed by atoms with van der Waals surface area (Å²) in [6.07, 6.45) is 6.57. The highest BCUT2D eigenvalue weighted by Gasteiger charge is 2.07. The molecule has 3 rings (SSSR count). The normalized spacial score (nSPS) is 10.2. The first-order valence-electron chi connectivity index (χ1n) is 5.57. The second-order valence-corrected chi connectivity index (χ2v) is 3.73. The van der Waals surface area contributed by atoms with E-state index < -0.39 is 0 Å². The van der Waals surface area contributed by atoms with Crippen LogP contribution >= 0.6 is 0 Å². The Labute approximate surface area is 104 Å². The summed E-state index contributed by atoms with van der Waals surface area (Å²) in [4.78, 5) is 16.4. The summed E-state index contributed by atoms with van der Waals surface area (Å²) in [5.41, 5.74) is 3.86. The zero-order chi connectivity index (χ0) is 12.2. The third kappa shape index (κ3) is 1.96. The van der Waals surface area contributed by atoms with Crippen molar-refractivity contribution in [3.8, 4) is 22.5 Å². The monoisotopic (exact) mass is 234 g/mol. The molecule has 0 saturated carbocycles. The van der Waals surface area contributed by atoms with Gasteiger partial charge in [-0.15, -0.1) is 0 Å².